The van der Waals surface area contributed by atoms with Crippen molar-refractivity contribution in [1.29, 1.82) is 0 Å². The summed E-state index contributed by atoms with van der Waals surface area (Å²) in [5, 5.41) is 0. The number of ketones is 1. The standard InChI is InChI=1S/C19H18O3S/c1-13(12-14(2)20)19(23-15-8-4-3-5-9-15)17-11-7-6-10-16(17)18(21)22-19/h3-11,13H,12H2,1-2H3. The van der Waals surface area contributed by atoms with Crippen molar-refractivity contribution in [3.63, 3.8) is 0 Å². The molecule has 0 radical (unpaired) electrons. The highest BCUT2D eigenvalue weighted by Crippen LogP contribution is 2.53. The number of rotatable bonds is 5. The second-order valence-corrected chi connectivity index (χ2v) is 7.11. The molecule has 0 fully saturated rings. The molecule has 23 heavy (non-hydrogen) atoms. The molecular weight excluding hydrogens is 308 g/mol. The SMILES string of the molecule is CC(=O)CC(C)C1(Sc2ccccc2)OC(=O)c2ccccc21. The Morgan fingerprint density at radius 2 is 1.78 bits per heavy atom. The predicted molar refractivity (Wildman–Crippen MR) is 90.3 cm³/mol. The molecule has 0 aliphatic carbocycles. The number of carbonyl (C=O) groups excluding carboxylic acids is 2. The van der Waals surface area contributed by atoms with Gasteiger partial charge in [-0.05, 0) is 25.1 Å². The maximum Gasteiger partial charge on any atom is 0.340 e. The average Bonchev–Trinajstić information content (AvgIpc) is 2.82. The summed E-state index contributed by atoms with van der Waals surface area (Å²) in [5.41, 5.74) is 1.44. The highest BCUT2D eigenvalue weighted by molar-refractivity contribution is 8.00. The second-order valence-electron chi connectivity index (χ2n) is 5.82. The fraction of sp³-hybridized carbons (Fsp3) is 0.263. The van der Waals surface area contributed by atoms with Crippen molar-refractivity contribution in [3.05, 3.63) is 65.7 Å². The van der Waals surface area contributed by atoms with E-state index in [1.54, 1.807) is 13.0 Å². The summed E-state index contributed by atoms with van der Waals surface area (Å²) >= 11 is 1.50. The number of esters is 1. The molecule has 0 bridgehead atoms. The monoisotopic (exact) mass is 326 g/mol. The lowest BCUT2D eigenvalue weighted by Gasteiger charge is -2.33. The fourth-order valence-corrected chi connectivity index (χ4v) is 4.32. The van der Waals surface area contributed by atoms with Crippen molar-refractivity contribution < 1.29 is 14.3 Å². The van der Waals surface area contributed by atoms with Gasteiger partial charge < -0.3 is 9.53 Å². The van der Waals surface area contributed by atoms with E-state index in [1.807, 2.05) is 55.5 Å². The van der Waals surface area contributed by atoms with Gasteiger partial charge in [-0.3, -0.25) is 0 Å². The minimum Gasteiger partial charge on any atom is -0.439 e. The molecular formula is C19H18O3S. The molecule has 1 aliphatic rings. The fourth-order valence-electron chi connectivity index (χ4n) is 2.98. The lowest BCUT2D eigenvalue weighted by atomic mass is 9.91. The van der Waals surface area contributed by atoms with Gasteiger partial charge in [-0.2, -0.15) is 0 Å². The minimum atomic E-state index is -0.860. The lowest BCUT2D eigenvalue weighted by Crippen LogP contribution is -2.31. The number of fused-ring (bicyclic) bond motifs is 1. The van der Waals surface area contributed by atoms with Gasteiger partial charge in [0.1, 0.15) is 5.78 Å². The van der Waals surface area contributed by atoms with Gasteiger partial charge in [-0.25, -0.2) is 4.79 Å². The smallest absolute Gasteiger partial charge is 0.340 e. The minimum absolute atomic E-state index is 0.0889. The molecule has 0 saturated heterocycles. The molecule has 1 heterocycles. The Balaban J connectivity index is 2.08. The van der Waals surface area contributed by atoms with E-state index < -0.39 is 4.93 Å². The van der Waals surface area contributed by atoms with Gasteiger partial charge in [0.05, 0.1) is 5.56 Å². The number of cyclic esters (lactones) is 1. The van der Waals surface area contributed by atoms with E-state index in [4.69, 9.17) is 4.74 Å². The van der Waals surface area contributed by atoms with Crippen molar-refractivity contribution in [2.24, 2.45) is 5.92 Å². The van der Waals surface area contributed by atoms with Crippen molar-refractivity contribution >= 4 is 23.5 Å². The van der Waals surface area contributed by atoms with E-state index >= 15 is 0 Å². The van der Waals surface area contributed by atoms with Crippen molar-refractivity contribution in [2.75, 3.05) is 0 Å². The molecule has 2 aromatic carbocycles. The molecule has 2 aromatic rings. The summed E-state index contributed by atoms with van der Waals surface area (Å²) in [5.74, 6) is -0.358. The zero-order chi connectivity index (χ0) is 16.4. The van der Waals surface area contributed by atoms with Gasteiger partial charge in [0.2, 0.25) is 0 Å². The Bertz CT molecular complexity index is 741. The van der Waals surface area contributed by atoms with Crippen LogP contribution in [-0.4, -0.2) is 11.8 Å². The molecule has 2 unspecified atom stereocenters. The number of Topliss-reactive ketones (excluding diaryl/α,β-unsaturated/α-hetero) is 1. The Morgan fingerprint density at radius 1 is 1.13 bits per heavy atom. The van der Waals surface area contributed by atoms with Gasteiger partial charge in [0.15, 0.2) is 4.93 Å². The number of carbonyl (C=O) groups is 2. The first kappa shape index (κ1) is 15.8. The molecule has 1 aliphatic heterocycles. The van der Waals surface area contributed by atoms with Crippen LogP contribution in [-0.2, 0) is 14.5 Å². The first-order valence-corrected chi connectivity index (χ1v) is 8.41. The normalized spacial score (nSPS) is 20.7. The van der Waals surface area contributed by atoms with Crippen LogP contribution in [0.4, 0.5) is 0 Å². The molecule has 3 rings (SSSR count). The van der Waals surface area contributed by atoms with Crippen LogP contribution in [0, 0.1) is 5.92 Å². The largest absolute Gasteiger partial charge is 0.439 e. The van der Waals surface area contributed by atoms with E-state index in [1.165, 1.54) is 11.8 Å². The molecule has 4 heteroatoms. The number of thioether (sulfide) groups is 1. The van der Waals surface area contributed by atoms with Crippen LogP contribution in [0.3, 0.4) is 0 Å². The van der Waals surface area contributed by atoms with E-state index in [2.05, 4.69) is 0 Å². The number of ether oxygens (including phenoxy) is 1. The van der Waals surface area contributed by atoms with E-state index in [-0.39, 0.29) is 17.7 Å². The Kier molecular flexibility index (Phi) is 4.26. The van der Waals surface area contributed by atoms with Crippen molar-refractivity contribution in [2.45, 2.75) is 30.1 Å². The summed E-state index contributed by atoms with van der Waals surface area (Å²) in [4.78, 5) is 24.1. The first-order chi connectivity index (χ1) is 11.0. The van der Waals surface area contributed by atoms with E-state index in [0.29, 0.717) is 12.0 Å². The molecule has 0 saturated carbocycles. The van der Waals surface area contributed by atoms with Crippen LogP contribution in [0.15, 0.2) is 59.5 Å². The molecule has 0 N–H and O–H groups in total. The van der Waals surface area contributed by atoms with E-state index in [9.17, 15) is 9.59 Å². The van der Waals surface area contributed by atoms with Crippen LogP contribution in [0.2, 0.25) is 0 Å². The molecule has 0 spiro atoms. The van der Waals surface area contributed by atoms with Crippen molar-refractivity contribution in [1.82, 2.24) is 0 Å². The highest BCUT2D eigenvalue weighted by Gasteiger charge is 2.50. The van der Waals surface area contributed by atoms with Gasteiger partial charge in [-0.1, -0.05) is 55.1 Å². The Hall–Kier alpha value is -2.07. The molecule has 3 nitrogen and oxygen atoms in total. The average molecular weight is 326 g/mol. The summed E-state index contributed by atoms with van der Waals surface area (Å²) in [6.45, 7) is 3.53. The summed E-state index contributed by atoms with van der Waals surface area (Å²) in [6, 6.07) is 17.3. The lowest BCUT2D eigenvalue weighted by molar-refractivity contribution is -0.119. The summed E-state index contributed by atoms with van der Waals surface area (Å²) in [6.07, 6.45) is 0.363. The van der Waals surface area contributed by atoms with Crippen LogP contribution < -0.4 is 0 Å². The number of hydrogen-bond donors (Lipinski definition) is 0. The molecule has 0 amide bonds. The van der Waals surface area contributed by atoms with Crippen LogP contribution in [0.25, 0.3) is 0 Å². The van der Waals surface area contributed by atoms with Crippen molar-refractivity contribution in [3.8, 4) is 0 Å². The first-order valence-electron chi connectivity index (χ1n) is 7.59. The Labute approximate surface area is 140 Å². The third-order valence-corrected chi connectivity index (χ3v) is 5.54. The maximum atomic E-state index is 12.3. The molecule has 118 valence electrons. The van der Waals surface area contributed by atoms with Gasteiger partial charge in [-0.15, -0.1) is 0 Å². The summed E-state index contributed by atoms with van der Waals surface area (Å²) < 4.78 is 5.86. The molecule has 0 aromatic heterocycles. The maximum absolute atomic E-state index is 12.3. The Morgan fingerprint density at radius 3 is 2.48 bits per heavy atom. The third kappa shape index (κ3) is 2.91. The summed E-state index contributed by atoms with van der Waals surface area (Å²) in [7, 11) is 0. The molecule has 2 atom stereocenters. The zero-order valence-electron chi connectivity index (χ0n) is 13.1. The number of hydrogen-bond acceptors (Lipinski definition) is 4. The zero-order valence-corrected chi connectivity index (χ0v) is 13.9. The topological polar surface area (TPSA) is 43.4 Å². The quantitative estimate of drug-likeness (QED) is 0.763. The van der Waals surface area contributed by atoms with Gasteiger partial charge in [0.25, 0.3) is 0 Å². The number of benzene rings is 2. The highest BCUT2D eigenvalue weighted by atomic mass is 32.2. The van der Waals surface area contributed by atoms with Gasteiger partial charge >= 0.3 is 5.97 Å². The third-order valence-electron chi connectivity index (χ3n) is 4.02. The van der Waals surface area contributed by atoms with Crippen LogP contribution in [0.5, 0.6) is 0 Å². The van der Waals surface area contributed by atoms with Crippen LogP contribution in [0.1, 0.15) is 36.2 Å². The van der Waals surface area contributed by atoms with Gasteiger partial charge in [0, 0.05) is 22.8 Å². The predicted octanol–water partition coefficient (Wildman–Crippen LogP) is 4.42. The van der Waals surface area contributed by atoms with Crippen LogP contribution >= 0.6 is 11.8 Å². The van der Waals surface area contributed by atoms with E-state index in [0.717, 1.165) is 10.5 Å². The second kappa shape index (κ2) is 6.20.